The number of carbonyl (C=O) groups is 2. The zero-order valence-corrected chi connectivity index (χ0v) is 17.4. The second-order valence-electron chi connectivity index (χ2n) is 7.31. The van der Waals surface area contributed by atoms with Crippen molar-refractivity contribution in [3.8, 4) is 6.07 Å². The van der Waals surface area contributed by atoms with Gasteiger partial charge < -0.3 is 19.9 Å². The zero-order valence-electron chi connectivity index (χ0n) is 17.4. The molecule has 2 rings (SSSR count). The van der Waals surface area contributed by atoms with Crippen LogP contribution in [0.1, 0.15) is 39.2 Å². The van der Waals surface area contributed by atoms with Crippen molar-refractivity contribution in [3.63, 3.8) is 0 Å². The highest BCUT2D eigenvalue weighted by molar-refractivity contribution is 5.97. The minimum Gasteiger partial charge on any atom is -0.450 e. The summed E-state index contributed by atoms with van der Waals surface area (Å²) in [6.45, 7) is 7.66. The quantitative estimate of drug-likeness (QED) is 0.564. The smallest absolute Gasteiger partial charge is 0.409 e. The average molecular weight is 399 g/mol. The lowest BCUT2D eigenvalue weighted by molar-refractivity contribution is -0.129. The Hall–Kier alpha value is -3.01. The van der Waals surface area contributed by atoms with Crippen molar-refractivity contribution in [2.45, 2.75) is 52.2 Å². The maximum atomic E-state index is 12.9. The fraction of sp³-hybridized carbons (Fsp3) is 0.500. The summed E-state index contributed by atoms with van der Waals surface area (Å²) in [5.74, 6) is -0.289. The molecule has 0 bridgehead atoms. The zero-order chi connectivity index (χ0) is 21.2. The van der Waals surface area contributed by atoms with Crippen molar-refractivity contribution in [1.29, 1.82) is 5.26 Å². The third-order valence-electron chi connectivity index (χ3n) is 4.92. The summed E-state index contributed by atoms with van der Waals surface area (Å²) in [6, 6.07) is 11.8. The number of benzene rings is 1. The second-order valence-corrected chi connectivity index (χ2v) is 7.31. The lowest BCUT2D eigenvalue weighted by Crippen LogP contribution is -2.44. The van der Waals surface area contributed by atoms with Gasteiger partial charge in [-0.15, -0.1) is 0 Å². The second kappa shape index (κ2) is 11.1. The van der Waals surface area contributed by atoms with Crippen LogP contribution in [0.25, 0.3) is 0 Å². The number of rotatable bonds is 7. The fourth-order valence-corrected chi connectivity index (χ4v) is 3.21. The number of nitrogens with zero attached hydrogens (tertiary/aromatic N) is 3. The summed E-state index contributed by atoms with van der Waals surface area (Å²) in [7, 11) is 0. The molecule has 1 N–H and O–H groups in total. The molecule has 1 saturated heterocycles. The molecule has 7 nitrogen and oxygen atoms in total. The third-order valence-corrected chi connectivity index (χ3v) is 4.92. The number of hydrogen-bond acceptors (Lipinski definition) is 5. The molecule has 2 amide bonds. The van der Waals surface area contributed by atoms with Crippen LogP contribution in [0.15, 0.2) is 42.1 Å². The number of amides is 2. The first-order valence-electron chi connectivity index (χ1n) is 10.1. The fourth-order valence-electron chi connectivity index (χ4n) is 3.21. The van der Waals surface area contributed by atoms with Crippen molar-refractivity contribution in [1.82, 2.24) is 15.1 Å². The van der Waals surface area contributed by atoms with Crippen molar-refractivity contribution >= 4 is 12.0 Å². The molecule has 0 radical (unpaired) electrons. The Balaban J connectivity index is 1.96. The normalized spacial score (nSPS) is 15.0. The summed E-state index contributed by atoms with van der Waals surface area (Å²) >= 11 is 0. The molecule has 1 aromatic carbocycles. The van der Waals surface area contributed by atoms with Crippen LogP contribution in [0, 0.1) is 11.3 Å². The highest BCUT2D eigenvalue weighted by Gasteiger charge is 2.24. The largest absolute Gasteiger partial charge is 0.450 e. The van der Waals surface area contributed by atoms with E-state index in [0.717, 1.165) is 18.4 Å². The Morgan fingerprint density at radius 1 is 1.31 bits per heavy atom. The van der Waals surface area contributed by atoms with Crippen LogP contribution in [-0.4, -0.2) is 53.6 Å². The SMILES string of the molecule is CCOC(=O)N1CCC(N/C=C(/C#N)C(=O)N(Cc2ccccc2)C(C)C)CC1. The molecule has 0 unspecified atom stereocenters. The summed E-state index contributed by atoms with van der Waals surface area (Å²) in [4.78, 5) is 28.1. The number of ether oxygens (including phenoxy) is 1. The molecule has 1 heterocycles. The van der Waals surface area contributed by atoms with Gasteiger partial charge in [0.25, 0.3) is 5.91 Å². The first-order valence-corrected chi connectivity index (χ1v) is 10.1. The molecular formula is C22H30N4O3. The van der Waals surface area contributed by atoms with Crippen LogP contribution < -0.4 is 5.32 Å². The number of hydrogen-bond donors (Lipinski definition) is 1. The first kappa shape index (κ1) is 22.3. The van der Waals surface area contributed by atoms with Gasteiger partial charge in [0.2, 0.25) is 0 Å². The predicted molar refractivity (Wildman–Crippen MR) is 111 cm³/mol. The minimum atomic E-state index is -0.289. The van der Waals surface area contributed by atoms with Crippen molar-refractivity contribution < 1.29 is 14.3 Å². The Labute approximate surface area is 172 Å². The predicted octanol–water partition coefficient (Wildman–Crippen LogP) is 3.04. The number of nitriles is 1. The number of likely N-dealkylation sites (tertiary alicyclic amines) is 1. The number of carbonyl (C=O) groups excluding carboxylic acids is 2. The van der Waals surface area contributed by atoms with Gasteiger partial charge in [-0.05, 0) is 39.2 Å². The van der Waals surface area contributed by atoms with Gasteiger partial charge in [0.15, 0.2) is 0 Å². The lowest BCUT2D eigenvalue weighted by Gasteiger charge is -2.31. The van der Waals surface area contributed by atoms with Gasteiger partial charge in [-0.1, -0.05) is 30.3 Å². The van der Waals surface area contributed by atoms with E-state index in [0.29, 0.717) is 26.2 Å². The first-order chi connectivity index (χ1) is 14.0. The van der Waals surface area contributed by atoms with Crippen LogP contribution >= 0.6 is 0 Å². The van der Waals surface area contributed by atoms with Gasteiger partial charge in [0, 0.05) is 37.9 Å². The standard InChI is InChI=1S/C22H30N4O3/c1-4-29-22(28)25-12-10-20(11-13-25)24-15-19(14-23)21(27)26(17(2)3)16-18-8-6-5-7-9-18/h5-9,15,17,20,24H,4,10-13,16H2,1-3H3/b19-15-. The van der Waals surface area contributed by atoms with E-state index in [1.54, 1.807) is 16.7 Å². The number of nitrogens with one attached hydrogen (secondary N) is 1. The highest BCUT2D eigenvalue weighted by Crippen LogP contribution is 2.14. The summed E-state index contributed by atoms with van der Waals surface area (Å²) in [6.07, 6.45) is 2.70. The van der Waals surface area contributed by atoms with E-state index in [-0.39, 0.29) is 29.7 Å². The molecule has 0 saturated carbocycles. The Bertz CT molecular complexity index is 747. The maximum Gasteiger partial charge on any atom is 0.409 e. The van der Waals surface area contributed by atoms with E-state index in [9.17, 15) is 14.9 Å². The van der Waals surface area contributed by atoms with E-state index in [2.05, 4.69) is 5.32 Å². The Morgan fingerprint density at radius 3 is 2.52 bits per heavy atom. The Kier molecular flexibility index (Phi) is 8.53. The van der Waals surface area contributed by atoms with Crippen molar-refractivity contribution in [2.75, 3.05) is 19.7 Å². The van der Waals surface area contributed by atoms with E-state index < -0.39 is 0 Å². The van der Waals surface area contributed by atoms with E-state index >= 15 is 0 Å². The summed E-state index contributed by atoms with van der Waals surface area (Å²) in [5.41, 5.74) is 1.11. The van der Waals surface area contributed by atoms with Crippen LogP contribution in [0.2, 0.25) is 0 Å². The summed E-state index contributed by atoms with van der Waals surface area (Å²) in [5, 5.41) is 12.7. The third kappa shape index (κ3) is 6.53. The molecular weight excluding hydrogens is 368 g/mol. The van der Waals surface area contributed by atoms with Gasteiger partial charge >= 0.3 is 6.09 Å². The van der Waals surface area contributed by atoms with E-state index in [4.69, 9.17) is 4.74 Å². The van der Waals surface area contributed by atoms with Crippen molar-refractivity contribution in [2.24, 2.45) is 0 Å². The molecule has 7 heteroatoms. The minimum absolute atomic E-state index is 0.0349. The van der Waals surface area contributed by atoms with Crippen molar-refractivity contribution in [3.05, 3.63) is 47.7 Å². The van der Waals surface area contributed by atoms with Crippen LogP contribution in [-0.2, 0) is 16.1 Å². The molecule has 1 aromatic rings. The van der Waals surface area contributed by atoms with Gasteiger partial charge in [-0.2, -0.15) is 5.26 Å². The van der Waals surface area contributed by atoms with Gasteiger partial charge in [0.05, 0.1) is 6.61 Å². The number of piperidine rings is 1. The molecule has 1 aliphatic rings. The molecule has 1 aliphatic heterocycles. The van der Waals surface area contributed by atoms with Crippen LogP contribution in [0.5, 0.6) is 0 Å². The summed E-state index contributed by atoms with van der Waals surface area (Å²) < 4.78 is 5.02. The molecule has 1 fully saturated rings. The van der Waals surface area contributed by atoms with Gasteiger partial charge in [-0.25, -0.2) is 4.79 Å². The molecule has 0 spiro atoms. The Morgan fingerprint density at radius 2 is 1.97 bits per heavy atom. The maximum absolute atomic E-state index is 12.9. The lowest BCUT2D eigenvalue weighted by atomic mass is 10.1. The average Bonchev–Trinajstić information content (AvgIpc) is 2.73. The molecule has 0 atom stereocenters. The topological polar surface area (TPSA) is 85.7 Å². The highest BCUT2D eigenvalue weighted by atomic mass is 16.6. The molecule has 0 aliphatic carbocycles. The molecule has 0 aromatic heterocycles. The molecule has 156 valence electrons. The van der Waals surface area contributed by atoms with Gasteiger partial charge in [-0.3, -0.25) is 4.79 Å². The van der Waals surface area contributed by atoms with Crippen LogP contribution in [0.4, 0.5) is 4.79 Å². The molecule has 29 heavy (non-hydrogen) atoms. The van der Waals surface area contributed by atoms with E-state index in [1.165, 1.54) is 6.20 Å². The monoisotopic (exact) mass is 398 g/mol. The van der Waals surface area contributed by atoms with E-state index in [1.807, 2.05) is 50.2 Å². The van der Waals surface area contributed by atoms with Crippen LogP contribution in [0.3, 0.4) is 0 Å². The van der Waals surface area contributed by atoms with Gasteiger partial charge in [0.1, 0.15) is 11.6 Å².